The fourth-order valence-electron chi connectivity index (χ4n) is 6.02. The molecule has 2 fully saturated rings. The summed E-state index contributed by atoms with van der Waals surface area (Å²) in [5, 5.41) is 11.1. The normalized spacial score (nSPS) is 28.4. The molecule has 5 heteroatoms. The molecule has 2 aromatic carbocycles. The fourth-order valence-corrected chi connectivity index (χ4v) is 6.29. The highest BCUT2D eigenvalue weighted by Gasteiger charge is 2.55. The van der Waals surface area contributed by atoms with Gasteiger partial charge in [-0.05, 0) is 80.5 Å². The molecule has 3 atom stereocenters. The minimum absolute atomic E-state index is 0.168. The van der Waals surface area contributed by atoms with Gasteiger partial charge in [-0.3, -0.25) is 0 Å². The quantitative estimate of drug-likeness (QED) is 0.730. The Bertz CT molecular complexity index is 933. The van der Waals surface area contributed by atoms with Gasteiger partial charge in [0, 0.05) is 43.2 Å². The number of phenols is 1. The van der Waals surface area contributed by atoms with E-state index in [4.69, 9.17) is 12.2 Å². The van der Waals surface area contributed by atoms with Gasteiger partial charge in [0.25, 0.3) is 0 Å². The van der Waals surface area contributed by atoms with Gasteiger partial charge in [-0.1, -0.05) is 24.3 Å². The van der Waals surface area contributed by atoms with E-state index >= 15 is 0 Å². The first-order valence-electron chi connectivity index (χ1n) is 10.6. The van der Waals surface area contributed by atoms with Gasteiger partial charge >= 0.3 is 0 Å². The topological polar surface area (TPSA) is 30.0 Å². The number of hydrogen-bond acceptors (Lipinski definition) is 3. The number of fused-ring (bicyclic) bond motifs is 1. The summed E-state index contributed by atoms with van der Waals surface area (Å²) in [5.74, 6) is 0.933. The van der Waals surface area contributed by atoms with Crippen LogP contribution in [-0.4, -0.2) is 59.8 Å². The first-order valence-corrected chi connectivity index (χ1v) is 11.0. The maximum Gasteiger partial charge on any atom is 0.175 e. The molecule has 152 valence electrons. The van der Waals surface area contributed by atoms with Gasteiger partial charge in [0.15, 0.2) is 5.11 Å². The van der Waals surface area contributed by atoms with Crippen molar-refractivity contribution in [2.75, 3.05) is 38.6 Å². The minimum Gasteiger partial charge on any atom is -0.508 e. The van der Waals surface area contributed by atoms with E-state index in [1.165, 1.54) is 11.1 Å². The number of likely N-dealkylation sites (tertiary alicyclic amines) is 2. The second-order valence-electron chi connectivity index (χ2n) is 8.98. The van der Waals surface area contributed by atoms with Crippen LogP contribution in [-0.2, 0) is 11.8 Å². The maximum absolute atomic E-state index is 10.2. The van der Waals surface area contributed by atoms with Crippen molar-refractivity contribution in [3.8, 4) is 5.75 Å². The fraction of sp³-hybridized carbons (Fsp3) is 0.458. The van der Waals surface area contributed by atoms with Crippen LogP contribution >= 0.6 is 12.2 Å². The number of benzene rings is 2. The van der Waals surface area contributed by atoms with Crippen molar-refractivity contribution >= 4 is 23.0 Å². The highest BCUT2D eigenvalue weighted by atomic mass is 32.1. The smallest absolute Gasteiger partial charge is 0.175 e. The number of aromatic hydroxyl groups is 1. The number of piperidine rings is 2. The Morgan fingerprint density at radius 1 is 1.14 bits per heavy atom. The van der Waals surface area contributed by atoms with Gasteiger partial charge in [-0.15, -0.1) is 0 Å². The largest absolute Gasteiger partial charge is 0.508 e. The Hall–Kier alpha value is -2.11. The molecule has 0 aromatic heterocycles. The number of anilines is 1. The molecule has 0 amide bonds. The third-order valence-corrected chi connectivity index (χ3v) is 8.19. The number of likely N-dealkylation sites (N-methyl/N-ethyl adjacent to an activating group) is 1. The van der Waals surface area contributed by atoms with Gasteiger partial charge in [0.2, 0.25) is 0 Å². The Morgan fingerprint density at radius 3 is 2.69 bits per heavy atom. The molecule has 1 N–H and O–H groups in total. The number of para-hydroxylation sites is 1. The molecule has 1 aliphatic carbocycles. The highest BCUT2D eigenvalue weighted by molar-refractivity contribution is 7.80. The van der Waals surface area contributed by atoms with Gasteiger partial charge in [-0.25, -0.2) is 0 Å². The molecular weight excluding hydrogens is 378 g/mol. The first-order chi connectivity index (χ1) is 14.0. The maximum atomic E-state index is 10.2. The second-order valence-corrected chi connectivity index (χ2v) is 9.34. The van der Waals surface area contributed by atoms with Gasteiger partial charge in [0.05, 0.1) is 0 Å². The highest BCUT2D eigenvalue weighted by Crippen LogP contribution is 2.53. The van der Waals surface area contributed by atoms with Crippen molar-refractivity contribution in [3.63, 3.8) is 0 Å². The Kier molecular flexibility index (Phi) is 4.56. The molecule has 2 bridgehead atoms. The molecule has 2 heterocycles. The number of nitrogens with zero attached hydrogens (tertiary/aromatic N) is 3. The molecule has 0 saturated carbocycles. The first kappa shape index (κ1) is 18.9. The molecule has 2 aliphatic heterocycles. The summed E-state index contributed by atoms with van der Waals surface area (Å²) < 4.78 is 0. The summed E-state index contributed by atoms with van der Waals surface area (Å²) in [6, 6.07) is 17.0. The lowest BCUT2D eigenvalue weighted by Crippen LogP contribution is -2.65. The Labute approximate surface area is 178 Å². The van der Waals surface area contributed by atoms with Crippen LogP contribution in [0, 0.1) is 5.92 Å². The van der Waals surface area contributed by atoms with Crippen LogP contribution in [0.15, 0.2) is 48.5 Å². The van der Waals surface area contributed by atoms with Crippen LogP contribution in [0.4, 0.5) is 5.69 Å². The molecule has 0 radical (unpaired) electrons. The summed E-state index contributed by atoms with van der Waals surface area (Å²) in [5.41, 5.74) is 4.12. The van der Waals surface area contributed by atoms with E-state index in [0.717, 1.165) is 49.7 Å². The molecule has 2 saturated heterocycles. The van der Waals surface area contributed by atoms with Crippen LogP contribution in [0.25, 0.3) is 0 Å². The molecule has 4 nitrogen and oxygen atoms in total. The minimum atomic E-state index is 0.168. The summed E-state index contributed by atoms with van der Waals surface area (Å²) in [6.45, 7) is 3.09. The summed E-state index contributed by atoms with van der Waals surface area (Å²) in [6.07, 6.45) is 3.32. The Balaban J connectivity index is 1.46. The molecule has 2 aromatic rings. The van der Waals surface area contributed by atoms with Crippen LogP contribution < -0.4 is 4.90 Å². The van der Waals surface area contributed by atoms with Crippen molar-refractivity contribution in [1.82, 2.24) is 9.80 Å². The molecular formula is C24H29N3OS. The van der Waals surface area contributed by atoms with E-state index in [-0.39, 0.29) is 5.41 Å². The average Bonchev–Trinajstić information content (AvgIpc) is 2.76. The lowest BCUT2D eigenvalue weighted by atomic mass is 9.54. The standard InChI is InChI=1S/C24H29N3OS/c1-25-12-10-24-11-13-27(23(29)26(2)18-6-4-3-5-7-18)16-21(24)22(25)14-17-8-9-19(28)15-20(17)24/h3-9,15,21-22,28H,10-14,16H2,1-2H3/t21-,22+,24+/m0/s1. The molecule has 0 spiro atoms. The summed E-state index contributed by atoms with van der Waals surface area (Å²) in [4.78, 5) is 7.09. The number of hydrogen-bond donors (Lipinski definition) is 1. The van der Waals surface area contributed by atoms with Crippen molar-refractivity contribution in [1.29, 1.82) is 0 Å². The van der Waals surface area contributed by atoms with Crippen LogP contribution in [0.3, 0.4) is 0 Å². The zero-order valence-corrected chi connectivity index (χ0v) is 18.0. The van der Waals surface area contributed by atoms with Crippen molar-refractivity contribution in [3.05, 3.63) is 59.7 Å². The lowest BCUT2D eigenvalue weighted by Gasteiger charge is -2.60. The third-order valence-electron chi connectivity index (χ3n) is 7.66. The number of phenolic OH excluding ortho intramolecular Hbond substituents is 1. The third kappa shape index (κ3) is 2.94. The van der Waals surface area contributed by atoms with E-state index in [1.807, 2.05) is 18.2 Å². The summed E-state index contributed by atoms with van der Waals surface area (Å²) in [7, 11) is 4.34. The molecule has 0 unspecified atom stereocenters. The van der Waals surface area contributed by atoms with E-state index in [0.29, 0.717) is 17.7 Å². The van der Waals surface area contributed by atoms with Gasteiger partial charge in [-0.2, -0.15) is 0 Å². The molecule has 29 heavy (non-hydrogen) atoms. The van der Waals surface area contributed by atoms with E-state index < -0.39 is 0 Å². The SMILES string of the molecule is CN(C(=S)N1CC[C@]23CCN(C)[C@H](Cc4ccc(O)cc42)[C@@H]3C1)c1ccccc1. The zero-order valence-electron chi connectivity index (χ0n) is 17.2. The monoisotopic (exact) mass is 407 g/mol. The van der Waals surface area contributed by atoms with Crippen molar-refractivity contribution in [2.24, 2.45) is 5.92 Å². The van der Waals surface area contributed by atoms with Crippen LogP contribution in [0.2, 0.25) is 0 Å². The predicted molar refractivity (Wildman–Crippen MR) is 122 cm³/mol. The van der Waals surface area contributed by atoms with Crippen LogP contribution in [0.1, 0.15) is 24.0 Å². The summed E-state index contributed by atoms with van der Waals surface area (Å²) >= 11 is 5.93. The van der Waals surface area contributed by atoms with E-state index in [2.05, 4.69) is 59.1 Å². The predicted octanol–water partition coefficient (Wildman–Crippen LogP) is 3.63. The van der Waals surface area contributed by atoms with Crippen LogP contribution in [0.5, 0.6) is 5.75 Å². The Morgan fingerprint density at radius 2 is 1.90 bits per heavy atom. The van der Waals surface area contributed by atoms with E-state index in [9.17, 15) is 5.11 Å². The zero-order chi connectivity index (χ0) is 20.2. The van der Waals surface area contributed by atoms with E-state index in [1.54, 1.807) is 0 Å². The molecule has 5 rings (SSSR count). The van der Waals surface area contributed by atoms with Crippen molar-refractivity contribution < 1.29 is 5.11 Å². The molecule has 3 aliphatic rings. The van der Waals surface area contributed by atoms with Gasteiger partial charge < -0.3 is 19.8 Å². The number of rotatable bonds is 1. The second kappa shape index (κ2) is 6.99. The number of thiocarbonyl (C=S) groups is 1. The lowest BCUT2D eigenvalue weighted by molar-refractivity contribution is -0.0107. The average molecular weight is 408 g/mol. The van der Waals surface area contributed by atoms with Crippen molar-refractivity contribution in [2.45, 2.75) is 30.7 Å². The van der Waals surface area contributed by atoms with Gasteiger partial charge in [0.1, 0.15) is 5.75 Å².